The molecule has 104 valence electrons. The Morgan fingerprint density at radius 1 is 1.40 bits per heavy atom. The van der Waals surface area contributed by atoms with Crippen molar-refractivity contribution in [3.63, 3.8) is 0 Å². The van der Waals surface area contributed by atoms with E-state index in [0.717, 1.165) is 20.5 Å². The highest BCUT2D eigenvalue weighted by Crippen LogP contribution is 2.20. The van der Waals surface area contributed by atoms with Gasteiger partial charge in [-0.2, -0.15) is 4.73 Å². The van der Waals surface area contributed by atoms with E-state index >= 15 is 0 Å². The third-order valence-corrected chi connectivity index (χ3v) is 4.11. The minimum absolute atomic E-state index is 0.135. The van der Waals surface area contributed by atoms with Gasteiger partial charge in [0.2, 0.25) is 5.91 Å². The van der Waals surface area contributed by atoms with E-state index in [1.165, 1.54) is 18.0 Å². The highest BCUT2D eigenvalue weighted by Gasteiger charge is 2.10. The number of benzene rings is 1. The lowest BCUT2D eigenvalue weighted by Crippen LogP contribution is -2.28. The monoisotopic (exact) mass is 352 g/mol. The number of rotatable bonds is 4. The number of hydrogen-bond acceptors (Lipinski definition) is 3. The zero-order valence-corrected chi connectivity index (χ0v) is 13.2. The Morgan fingerprint density at radius 3 is 2.90 bits per heavy atom. The standard InChI is InChI=1S/C14H13BrN2O2S/c1-10-8-11(15)5-6-12(10)16-13(18)9-20-14-4-2-3-7-17(14)19/h2-8H,9H2,1H3,(H,16,18). The maximum atomic E-state index is 11.9. The lowest BCUT2D eigenvalue weighted by atomic mass is 10.2. The van der Waals surface area contributed by atoms with Crippen LogP contribution in [0.1, 0.15) is 5.56 Å². The average Bonchev–Trinajstić information content (AvgIpc) is 2.41. The summed E-state index contributed by atoms with van der Waals surface area (Å²) in [4.78, 5) is 11.9. The molecule has 1 aromatic heterocycles. The topological polar surface area (TPSA) is 56.0 Å². The van der Waals surface area contributed by atoms with Gasteiger partial charge < -0.3 is 10.5 Å². The minimum Gasteiger partial charge on any atom is -0.618 e. The van der Waals surface area contributed by atoms with Crippen LogP contribution in [0.15, 0.2) is 52.1 Å². The van der Waals surface area contributed by atoms with Gasteiger partial charge in [0.25, 0.3) is 5.03 Å². The Balaban J connectivity index is 1.94. The molecule has 4 nitrogen and oxygen atoms in total. The maximum Gasteiger partial charge on any atom is 0.251 e. The Labute approximate surface area is 129 Å². The van der Waals surface area contributed by atoms with Gasteiger partial charge >= 0.3 is 0 Å². The number of anilines is 1. The van der Waals surface area contributed by atoms with E-state index in [1.807, 2.05) is 25.1 Å². The van der Waals surface area contributed by atoms with E-state index in [4.69, 9.17) is 0 Å². The van der Waals surface area contributed by atoms with Crippen LogP contribution in [0.25, 0.3) is 0 Å². The van der Waals surface area contributed by atoms with Crippen LogP contribution in [0, 0.1) is 12.1 Å². The van der Waals surface area contributed by atoms with Crippen molar-refractivity contribution >= 4 is 39.3 Å². The number of halogens is 1. The molecule has 0 aliphatic heterocycles. The second-order valence-corrected chi connectivity index (χ2v) is 6.07. The lowest BCUT2D eigenvalue weighted by molar-refractivity contribution is -0.645. The molecule has 0 radical (unpaired) electrons. The number of nitrogens with zero attached hydrogens (tertiary/aromatic N) is 1. The van der Waals surface area contributed by atoms with Gasteiger partial charge in [0.15, 0.2) is 6.20 Å². The predicted molar refractivity (Wildman–Crippen MR) is 83.6 cm³/mol. The van der Waals surface area contributed by atoms with E-state index in [0.29, 0.717) is 5.03 Å². The molecule has 2 rings (SSSR count). The van der Waals surface area contributed by atoms with Crippen LogP contribution in [0.3, 0.4) is 0 Å². The van der Waals surface area contributed by atoms with Gasteiger partial charge in [0.1, 0.15) is 0 Å². The molecule has 0 atom stereocenters. The summed E-state index contributed by atoms with van der Waals surface area (Å²) in [5.74, 6) is 0.0613. The normalized spacial score (nSPS) is 10.3. The van der Waals surface area contributed by atoms with Crippen molar-refractivity contribution in [3.8, 4) is 0 Å². The second-order valence-electron chi connectivity index (χ2n) is 4.16. The van der Waals surface area contributed by atoms with Crippen molar-refractivity contribution in [2.24, 2.45) is 0 Å². The molecule has 0 unspecified atom stereocenters. The van der Waals surface area contributed by atoms with Crippen LogP contribution in [-0.4, -0.2) is 11.7 Å². The largest absolute Gasteiger partial charge is 0.618 e. The van der Waals surface area contributed by atoms with Crippen molar-refractivity contribution in [2.75, 3.05) is 11.1 Å². The predicted octanol–water partition coefficient (Wildman–Crippen LogP) is 3.12. The van der Waals surface area contributed by atoms with E-state index in [9.17, 15) is 10.0 Å². The number of aromatic nitrogens is 1. The van der Waals surface area contributed by atoms with Crippen LogP contribution >= 0.6 is 27.7 Å². The van der Waals surface area contributed by atoms with Crippen molar-refractivity contribution in [1.29, 1.82) is 0 Å². The molecule has 1 amide bonds. The minimum atomic E-state index is -0.135. The fourth-order valence-corrected chi connectivity index (χ4v) is 2.81. The number of pyridine rings is 1. The van der Waals surface area contributed by atoms with Crippen LogP contribution in [0.2, 0.25) is 0 Å². The summed E-state index contributed by atoms with van der Waals surface area (Å²) in [6.45, 7) is 1.93. The second kappa shape index (κ2) is 6.76. The number of amides is 1. The van der Waals surface area contributed by atoms with E-state index in [2.05, 4.69) is 21.2 Å². The first kappa shape index (κ1) is 14.9. The molecular weight excluding hydrogens is 340 g/mol. The summed E-state index contributed by atoms with van der Waals surface area (Å²) in [6.07, 6.45) is 1.42. The summed E-state index contributed by atoms with van der Waals surface area (Å²) in [5, 5.41) is 14.8. The fraction of sp³-hybridized carbons (Fsp3) is 0.143. The van der Waals surface area contributed by atoms with Crippen molar-refractivity contribution in [2.45, 2.75) is 11.9 Å². The molecule has 1 aromatic carbocycles. The molecule has 20 heavy (non-hydrogen) atoms. The van der Waals surface area contributed by atoms with Gasteiger partial charge in [-0.05, 0) is 48.5 Å². The molecule has 0 aliphatic rings. The first-order valence-electron chi connectivity index (χ1n) is 5.93. The number of nitrogens with one attached hydrogen (secondary N) is 1. The van der Waals surface area contributed by atoms with E-state index in [-0.39, 0.29) is 11.7 Å². The summed E-state index contributed by atoms with van der Waals surface area (Å²) < 4.78 is 1.72. The highest BCUT2D eigenvalue weighted by atomic mass is 79.9. The summed E-state index contributed by atoms with van der Waals surface area (Å²) in [6, 6.07) is 10.8. The van der Waals surface area contributed by atoms with Gasteiger partial charge in [-0.3, -0.25) is 4.79 Å². The number of hydrogen-bond donors (Lipinski definition) is 1. The average molecular weight is 353 g/mol. The molecule has 1 heterocycles. The highest BCUT2D eigenvalue weighted by molar-refractivity contribution is 9.10. The zero-order chi connectivity index (χ0) is 14.5. The molecule has 1 N–H and O–H groups in total. The first-order valence-corrected chi connectivity index (χ1v) is 7.71. The fourth-order valence-electron chi connectivity index (χ4n) is 1.62. The van der Waals surface area contributed by atoms with E-state index in [1.54, 1.807) is 18.2 Å². The zero-order valence-electron chi connectivity index (χ0n) is 10.8. The molecule has 0 aliphatic carbocycles. The van der Waals surface area contributed by atoms with Crippen LogP contribution < -0.4 is 10.0 Å². The Kier molecular flexibility index (Phi) is 5.03. The number of thioether (sulfide) groups is 1. The lowest BCUT2D eigenvalue weighted by Gasteiger charge is -2.08. The molecular formula is C14H13BrN2O2S. The first-order chi connectivity index (χ1) is 9.56. The number of carbonyl (C=O) groups is 1. The van der Waals surface area contributed by atoms with Gasteiger partial charge in [-0.1, -0.05) is 15.9 Å². The number of aryl methyl sites for hydroxylation is 1. The van der Waals surface area contributed by atoms with Crippen molar-refractivity contribution in [1.82, 2.24) is 0 Å². The smallest absolute Gasteiger partial charge is 0.251 e. The van der Waals surface area contributed by atoms with Crippen molar-refractivity contribution in [3.05, 3.63) is 57.8 Å². The van der Waals surface area contributed by atoms with Crippen LogP contribution in [-0.2, 0) is 4.79 Å². The maximum absolute atomic E-state index is 11.9. The SMILES string of the molecule is Cc1cc(Br)ccc1NC(=O)CSc1cccc[n+]1[O-]. The molecule has 0 saturated carbocycles. The Morgan fingerprint density at radius 2 is 2.20 bits per heavy atom. The van der Waals surface area contributed by atoms with Crippen LogP contribution in [0.4, 0.5) is 5.69 Å². The Hall–Kier alpha value is -1.53. The Bertz CT molecular complexity index is 634. The van der Waals surface area contributed by atoms with E-state index < -0.39 is 0 Å². The summed E-state index contributed by atoms with van der Waals surface area (Å²) in [5.41, 5.74) is 1.76. The van der Waals surface area contributed by atoms with Crippen molar-refractivity contribution < 1.29 is 9.52 Å². The van der Waals surface area contributed by atoms with Gasteiger partial charge in [0, 0.05) is 22.3 Å². The molecule has 0 saturated heterocycles. The molecule has 6 heteroatoms. The van der Waals surface area contributed by atoms with Crippen LogP contribution in [0.5, 0.6) is 0 Å². The molecule has 0 bridgehead atoms. The summed E-state index contributed by atoms with van der Waals surface area (Å²) in [7, 11) is 0. The molecule has 0 fully saturated rings. The molecule has 0 spiro atoms. The summed E-state index contributed by atoms with van der Waals surface area (Å²) >= 11 is 4.59. The third kappa shape index (κ3) is 3.98. The third-order valence-electron chi connectivity index (χ3n) is 2.60. The molecule has 2 aromatic rings. The van der Waals surface area contributed by atoms with Gasteiger partial charge in [-0.15, -0.1) is 0 Å². The number of carbonyl (C=O) groups excluding carboxylic acids is 1. The quantitative estimate of drug-likeness (QED) is 0.522. The van der Waals surface area contributed by atoms with Gasteiger partial charge in [0.05, 0.1) is 5.75 Å². The van der Waals surface area contributed by atoms with Gasteiger partial charge in [-0.25, -0.2) is 0 Å².